The van der Waals surface area contributed by atoms with Gasteiger partial charge in [0.05, 0.1) is 16.3 Å². The first kappa shape index (κ1) is 21.7. The van der Waals surface area contributed by atoms with Crippen LogP contribution >= 0.6 is 23.2 Å². The molecule has 0 radical (unpaired) electrons. The van der Waals surface area contributed by atoms with Crippen molar-refractivity contribution in [3.63, 3.8) is 0 Å². The van der Waals surface area contributed by atoms with Crippen molar-refractivity contribution in [1.29, 1.82) is 0 Å². The molecule has 3 rings (SSSR count). The maximum atomic E-state index is 12.9. The van der Waals surface area contributed by atoms with Crippen LogP contribution in [-0.2, 0) is 4.79 Å². The van der Waals surface area contributed by atoms with Crippen molar-refractivity contribution in [2.75, 3.05) is 5.32 Å². The molecule has 1 atom stereocenters. The van der Waals surface area contributed by atoms with Crippen LogP contribution in [0.25, 0.3) is 5.69 Å². The molecule has 1 aromatic heterocycles. The number of carbonyl (C=O) groups is 2. The minimum atomic E-state index is -0.733. The Bertz CT molecular complexity index is 1020. The van der Waals surface area contributed by atoms with Crippen LogP contribution in [0.5, 0.6) is 0 Å². The summed E-state index contributed by atoms with van der Waals surface area (Å²) in [7, 11) is 0. The highest BCUT2D eigenvalue weighted by molar-refractivity contribution is 6.36. The highest BCUT2D eigenvalue weighted by atomic mass is 35.5. The third-order valence-corrected chi connectivity index (χ3v) is 4.80. The maximum Gasteiger partial charge on any atom is 0.253 e. The number of anilines is 1. The van der Waals surface area contributed by atoms with Crippen LogP contribution < -0.4 is 10.6 Å². The quantitative estimate of drug-likeness (QED) is 0.575. The Kier molecular flexibility index (Phi) is 7.02. The highest BCUT2D eigenvalue weighted by Gasteiger charge is 2.23. The molecule has 156 valence electrons. The second-order valence-corrected chi connectivity index (χ2v) is 7.91. The number of hydrogen-bond donors (Lipinski definition) is 2. The first-order valence-electron chi connectivity index (χ1n) is 9.23. The normalized spacial score (nSPS) is 11.9. The molecule has 0 saturated heterocycles. The molecule has 30 heavy (non-hydrogen) atoms. The van der Waals surface area contributed by atoms with E-state index in [1.807, 2.05) is 13.8 Å². The van der Waals surface area contributed by atoms with Crippen LogP contribution in [0.3, 0.4) is 0 Å². The number of carbonyl (C=O) groups excluding carboxylic acids is 2. The van der Waals surface area contributed by atoms with Gasteiger partial charge in [0, 0.05) is 10.7 Å². The van der Waals surface area contributed by atoms with E-state index >= 15 is 0 Å². The largest absolute Gasteiger partial charge is 0.340 e. The summed E-state index contributed by atoms with van der Waals surface area (Å²) in [5, 5.41) is 17.2. The average Bonchev–Trinajstić information content (AvgIpc) is 3.22. The average molecular weight is 447 g/mol. The Balaban J connectivity index is 1.71. The lowest BCUT2D eigenvalue weighted by Gasteiger charge is -2.20. The minimum absolute atomic E-state index is 0.184. The van der Waals surface area contributed by atoms with E-state index in [-0.39, 0.29) is 22.4 Å². The fourth-order valence-electron chi connectivity index (χ4n) is 2.82. The van der Waals surface area contributed by atoms with Gasteiger partial charge in [-0.25, -0.2) is 4.68 Å². The van der Waals surface area contributed by atoms with Crippen LogP contribution in [0.4, 0.5) is 5.69 Å². The molecule has 1 heterocycles. The number of benzene rings is 2. The SMILES string of the molecule is CC(C)C[C@@H](NC(=O)c1ccc(Cl)cc1Cl)C(=O)Nc1ccc(-n2cnnn2)cc1. The number of tetrazole rings is 1. The summed E-state index contributed by atoms with van der Waals surface area (Å²) in [5.41, 5.74) is 1.60. The third kappa shape index (κ3) is 5.55. The molecule has 3 aromatic rings. The van der Waals surface area contributed by atoms with Gasteiger partial charge in [-0.2, -0.15) is 0 Å². The molecule has 0 aliphatic heterocycles. The lowest BCUT2D eigenvalue weighted by molar-refractivity contribution is -0.118. The molecule has 0 saturated carbocycles. The molecule has 0 aliphatic carbocycles. The minimum Gasteiger partial charge on any atom is -0.340 e. The molecule has 2 amide bonds. The van der Waals surface area contributed by atoms with Crippen molar-refractivity contribution in [2.45, 2.75) is 26.3 Å². The Morgan fingerprint density at radius 2 is 1.83 bits per heavy atom. The van der Waals surface area contributed by atoms with Gasteiger partial charge in [-0.05, 0) is 65.2 Å². The number of amides is 2. The summed E-state index contributed by atoms with van der Waals surface area (Å²) in [6, 6.07) is 10.9. The zero-order valence-corrected chi connectivity index (χ0v) is 17.9. The van der Waals surface area contributed by atoms with Gasteiger partial charge < -0.3 is 10.6 Å². The van der Waals surface area contributed by atoms with Gasteiger partial charge >= 0.3 is 0 Å². The Labute approximate surface area is 183 Å². The van der Waals surface area contributed by atoms with Crippen molar-refractivity contribution in [3.8, 4) is 5.69 Å². The van der Waals surface area contributed by atoms with Gasteiger partial charge in [-0.15, -0.1) is 5.10 Å². The van der Waals surface area contributed by atoms with E-state index in [9.17, 15) is 9.59 Å². The molecule has 0 unspecified atom stereocenters. The fourth-order valence-corrected chi connectivity index (χ4v) is 3.31. The van der Waals surface area contributed by atoms with Gasteiger partial charge in [-0.1, -0.05) is 37.0 Å². The molecular weight excluding hydrogens is 427 g/mol. The van der Waals surface area contributed by atoms with Gasteiger partial charge in [0.25, 0.3) is 5.91 Å². The van der Waals surface area contributed by atoms with E-state index in [0.717, 1.165) is 5.69 Å². The van der Waals surface area contributed by atoms with Gasteiger partial charge in [0.2, 0.25) is 5.91 Å². The molecule has 8 nitrogen and oxygen atoms in total. The summed E-state index contributed by atoms with van der Waals surface area (Å²) in [5.74, 6) is -0.576. The second kappa shape index (κ2) is 9.69. The standard InChI is InChI=1S/C20H20Cl2N6O2/c1-12(2)9-18(25-19(29)16-8-3-13(21)10-17(16)22)20(30)24-14-4-6-15(7-5-14)28-11-23-26-27-28/h3-8,10-12,18H,9H2,1-2H3,(H,24,30)(H,25,29)/t18-/m1/s1. The number of aromatic nitrogens is 4. The van der Waals surface area contributed by atoms with E-state index in [1.165, 1.54) is 23.1 Å². The number of hydrogen-bond acceptors (Lipinski definition) is 5. The third-order valence-electron chi connectivity index (χ3n) is 4.25. The molecule has 0 spiro atoms. The molecular formula is C20H20Cl2N6O2. The van der Waals surface area contributed by atoms with Crippen molar-refractivity contribution < 1.29 is 9.59 Å². The molecule has 0 bridgehead atoms. The summed E-state index contributed by atoms with van der Waals surface area (Å²) in [4.78, 5) is 25.5. The van der Waals surface area contributed by atoms with Crippen LogP contribution in [0.2, 0.25) is 10.0 Å². The van der Waals surface area contributed by atoms with Gasteiger partial charge in [0.1, 0.15) is 12.4 Å². The second-order valence-electron chi connectivity index (χ2n) is 7.07. The zero-order chi connectivity index (χ0) is 21.7. The molecule has 2 aromatic carbocycles. The van der Waals surface area contributed by atoms with Crippen LogP contribution in [0, 0.1) is 5.92 Å². The zero-order valence-electron chi connectivity index (χ0n) is 16.3. The van der Waals surface area contributed by atoms with Crippen LogP contribution in [0.15, 0.2) is 48.8 Å². The Morgan fingerprint density at radius 3 is 2.43 bits per heavy atom. The smallest absolute Gasteiger partial charge is 0.253 e. The first-order valence-corrected chi connectivity index (χ1v) is 9.99. The van der Waals surface area contributed by atoms with E-state index in [0.29, 0.717) is 17.1 Å². The van der Waals surface area contributed by atoms with Gasteiger partial charge in [0.15, 0.2) is 0 Å². The lowest BCUT2D eigenvalue weighted by Crippen LogP contribution is -2.44. The molecule has 10 heteroatoms. The number of rotatable bonds is 7. The number of nitrogens with one attached hydrogen (secondary N) is 2. The summed E-state index contributed by atoms with van der Waals surface area (Å²) >= 11 is 12.0. The number of halogens is 2. The Hall–Kier alpha value is -2.97. The van der Waals surface area contributed by atoms with E-state index in [1.54, 1.807) is 30.3 Å². The molecule has 2 N–H and O–H groups in total. The Morgan fingerprint density at radius 1 is 1.10 bits per heavy atom. The summed E-state index contributed by atoms with van der Waals surface area (Å²) in [6.07, 6.45) is 1.94. The predicted octanol–water partition coefficient (Wildman–Crippen LogP) is 3.75. The van der Waals surface area contributed by atoms with E-state index < -0.39 is 11.9 Å². The highest BCUT2D eigenvalue weighted by Crippen LogP contribution is 2.21. The van der Waals surface area contributed by atoms with Crippen LogP contribution in [0.1, 0.15) is 30.6 Å². The van der Waals surface area contributed by atoms with Crippen molar-refractivity contribution in [3.05, 3.63) is 64.4 Å². The summed E-state index contributed by atoms with van der Waals surface area (Å²) in [6.45, 7) is 3.95. The number of nitrogens with zero attached hydrogens (tertiary/aromatic N) is 4. The molecule has 0 fully saturated rings. The summed E-state index contributed by atoms with van der Waals surface area (Å²) < 4.78 is 1.50. The van der Waals surface area contributed by atoms with Crippen LogP contribution in [-0.4, -0.2) is 38.1 Å². The van der Waals surface area contributed by atoms with E-state index in [4.69, 9.17) is 23.2 Å². The topological polar surface area (TPSA) is 102 Å². The van der Waals surface area contributed by atoms with E-state index in [2.05, 4.69) is 26.2 Å². The lowest BCUT2D eigenvalue weighted by atomic mass is 10.0. The fraction of sp³-hybridized carbons (Fsp3) is 0.250. The van der Waals surface area contributed by atoms with Gasteiger partial charge in [-0.3, -0.25) is 9.59 Å². The first-order chi connectivity index (χ1) is 14.3. The predicted molar refractivity (Wildman–Crippen MR) is 115 cm³/mol. The monoisotopic (exact) mass is 446 g/mol. The maximum absolute atomic E-state index is 12.9. The van der Waals surface area contributed by atoms with Crippen molar-refractivity contribution in [2.24, 2.45) is 5.92 Å². The van der Waals surface area contributed by atoms with Crippen molar-refractivity contribution >= 4 is 40.7 Å². The molecule has 0 aliphatic rings. The van der Waals surface area contributed by atoms with Crippen molar-refractivity contribution in [1.82, 2.24) is 25.5 Å².